The van der Waals surface area contributed by atoms with Crippen LogP contribution in [0, 0.1) is 18.6 Å². The summed E-state index contributed by atoms with van der Waals surface area (Å²) in [7, 11) is 3.33. The second-order valence-electron chi connectivity index (χ2n) is 9.16. The van der Waals surface area contributed by atoms with Crippen LogP contribution in [0.4, 0.5) is 19.4 Å². The van der Waals surface area contributed by atoms with Gasteiger partial charge in [-0.25, -0.2) is 18.3 Å². The predicted octanol–water partition coefficient (Wildman–Crippen LogP) is 4.49. The topological polar surface area (TPSA) is 104 Å². The molecule has 9 nitrogen and oxygen atoms in total. The lowest BCUT2D eigenvalue weighted by atomic mass is 9.98. The van der Waals surface area contributed by atoms with Crippen LogP contribution >= 0.6 is 0 Å². The predicted molar refractivity (Wildman–Crippen MR) is 146 cm³/mol. The Hall–Kier alpha value is -3.54. The Bertz CT molecular complexity index is 1190. The number of hydrogen-bond donors (Lipinski definition) is 2. The summed E-state index contributed by atoms with van der Waals surface area (Å²) in [5, 5.41) is 7.01. The summed E-state index contributed by atoms with van der Waals surface area (Å²) >= 11 is 0. The number of nitrogens with one attached hydrogen (secondary N) is 1. The molecule has 3 aromatic rings. The molecule has 3 N–H and O–H groups in total. The average molecular weight is 546 g/mol. The number of aromatic nitrogens is 2. The molecule has 2 amide bonds. The molecule has 11 heteroatoms. The molecule has 39 heavy (non-hydrogen) atoms. The summed E-state index contributed by atoms with van der Waals surface area (Å²) in [5.41, 5.74) is 7.66. The second kappa shape index (κ2) is 15.2. The Morgan fingerprint density at radius 1 is 1.08 bits per heavy atom. The van der Waals surface area contributed by atoms with Gasteiger partial charge in [0.2, 0.25) is 5.88 Å². The Labute approximate surface area is 227 Å². The van der Waals surface area contributed by atoms with Gasteiger partial charge in [-0.3, -0.25) is 5.32 Å². The summed E-state index contributed by atoms with van der Waals surface area (Å²) in [6.07, 6.45) is 1.75. The standard InChI is InChI=1S/C15H20N4O3.C13H17F2NO/c1-11-13(17-15(16)20)19(12-7-4-3-5-8-12)18-14(11)22-10-6-9-21-2;1-17-7-6-16-5-4-11(9-16)10-2-3-12(14)13(15)8-10/h3-5,7-8H,6,9-10H2,1-2H3,(H3,16,17,20);2-3,8,11H,4-7,9H2,1H3. The summed E-state index contributed by atoms with van der Waals surface area (Å²) in [4.78, 5) is 13.5. The number of methoxy groups -OCH3 is 2. The molecular formula is C28H37F2N5O4. The molecule has 1 saturated heterocycles. The molecule has 2 heterocycles. The van der Waals surface area contributed by atoms with Crippen molar-refractivity contribution in [2.24, 2.45) is 5.73 Å². The number of ether oxygens (including phenoxy) is 3. The monoisotopic (exact) mass is 545 g/mol. The van der Waals surface area contributed by atoms with E-state index in [1.807, 2.05) is 37.3 Å². The van der Waals surface area contributed by atoms with Gasteiger partial charge in [0.1, 0.15) is 5.82 Å². The molecule has 1 fully saturated rings. The third-order valence-electron chi connectivity index (χ3n) is 6.35. The van der Waals surface area contributed by atoms with E-state index in [1.165, 1.54) is 12.1 Å². The lowest BCUT2D eigenvalue weighted by Gasteiger charge is -2.15. The number of hydrogen-bond acceptors (Lipinski definition) is 6. The van der Waals surface area contributed by atoms with Crippen molar-refractivity contribution < 1.29 is 27.8 Å². The highest BCUT2D eigenvalue weighted by atomic mass is 19.2. The van der Waals surface area contributed by atoms with Crippen LogP contribution in [0.5, 0.6) is 5.88 Å². The zero-order valence-corrected chi connectivity index (χ0v) is 22.7. The minimum Gasteiger partial charge on any atom is -0.476 e. The van der Waals surface area contributed by atoms with Crippen molar-refractivity contribution in [3.63, 3.8) is 0 Å². The van der Waals surface area contributed by atoms with Crippen LogP contribution in [0.15, 0.2) is 48.5 Å². The van der Waals surface area contributed by atoms with E-state index in [-0.39, 0.29) is 0 Å². The van der Waals surface area contributed by atoms with Gasteiger partial charge in [0.15, 0.2) is 11.6 Å². The quantitative estimate of drug-likeness (QED) is 0.344. The number of nitrogens with zero attached hydrogens (tertiary/aromatic N) is 3. The molecule has 0 spiro atoms. The number of amides is 2. The summed E-state index contributed by atoms with van der Waals surface area (Å²) < 4.78 is 43.2. The van der Waals surface area contributed by atoms with E-state index >= 15 is 0 Å². The van der Waals surface area contributed by atoms with Crippen molar-refractivity contribution in [3.8, 4) is 11.6 Å². The molecular weight excluding hydrogens is 508 g/mol. The van der Waals surface area contributed by atoms with E-state index < -0.39 is 17.7 Å². The Balaban J connectivity index is 0.000000223. The van der Waals surface area contributed by atoms with Crippen LogP contribution in [0.25, 0.3) is 5.69 Å². The van der Waals surface area contributed by atoms with E-state index in [1.54, 1.807) is 25.0 Å². The molecule has 1 unspecified atom stereocenters. The lowest BCUT2D eigenvalue weighted by molar-refractivity contribution is 0.160. The summed E-state index contributed by atoms with van der Waals surface area (Å²) in [5.74, 6) is -0.257. The molecule has 1 aromatic heterocycles. The molecule has 0 bridgehead atoms. The number of rotatable bonds is 11. The van der Waals surface area contributed by atoms with Gasteiger partial charge in [0.25, 0.3) is 0 Å². The zero-order chi connectivity index (χ0) is 28.2. The number of primary amides is 1. The molecule has 4 rings (SSSR count). The Kier molecular flexibility index (Phi) is 11.7. The van der Waals surface area contributed by atoms with Crippen LogP contribution in [-0.4, -0.2) is 74.4 Å². The van der Waals surface area contributed by atoms with Gasteiger partial charge < -0.3 is 24.8 Å². The van der Waals surface area contributed by atoms with Crippen molar-refractivity contribution in [3.05, 3.63) is 71.3 Å². The fourth-order valence-corrected chi connectivity index (χ4v) is 4.30. The first-order valence-electron chi connectivity index (χ1n) is 12.8. The summed E-state index contributed by atoms with van der Waals surface area (Å²) in [6.45, 7) is 6.42. The molecule has 0 saturated carbocycles. The van der Waals surface area contributed by atoms with E-state index in [0.717, 1.165) is 49.3 Å². The molecule has 1 aliphatic rings. The maximum atomic E-state index is 13.1. The van der Waals surface area contributed by atoms with Crippen molar-refractivity contribution >= 4 is 11.8 Å². The number of likely N-dealkylation sites (tertiary alicyclic amines) is 1. The Morgan fingerprint density at radius 2 is 1.82 bits per heavy atom. The molecule has 2 aromatic carbocycles. The highest BCUT2D eigenvalue weighted by Gasteiger charge is 2.24. The lowest BCUT2D eigenvalue weighted by Crippen LogP contribution is -2.24. The fourth-order valence-electron chi connectivity index (χ4n) is 4.30. The molecule has 1 atom stereocenters. The highest BCUT2D eigenvalue weighted by Crippen LogP contribution is 2.29. The number of benzene rings is 2. The Morgan fingerprint density at radius 3 is 2.49 bits per heavy atom. The zero-order valence-electron chi connectivity index (χ0n) is 22.7. The van der Waals surface area contributed by atoms with Crippen LogP contribution in [0.1, 0.15) is 29.9 Å². The van der Waals surface area contributed by atoms with Gasteiger partial charge in [0, 0.05) is 40.3 Å². The van der Waals surface area contributed by atoms with E-state index in [4.69, 9.17) is 19.9 Å². The number of nitrogens with two attached hydrogens (primary N) is 1. The van der Waals surface area contributed by atoms with Crippen LogP contribution in [0.2, 0.25) is 0 Å². The first-order valence-corrected chi connectivity index (χ1v) is 12.8. The van der Waals surface area contributed by atoms with Gasteiger partial charge in [-0.05, 0) is 55.6 Å². The first-order chi connectivity index (χ1) is 18.8. The number of urea groups is 1. The minimum absolute atomic E-state index is 0.307. The van der Waals surface area contributed by atoms with Crippen molar-refractivity contribution in [1.29, 1.82) is 0 Å². The number of halogens is 2. The van der Waals surface area contributed by atoms with Gasteiger partial charge in [0.05, 0.1) is 24.5 Å². The third-order valence-corrected chi connectivity index (χ3v) is 6.35. The smallest absolute Gasteiger partial charge is 0.317 e. The first kappa shape index (κ1) is 30.0. The molecule has 0 aliphatic carbocycles. The maximum absolute atomic E-state index is 13.1. The van der Waals surface area contributed by atoms with Gasteiger partial charge in [-0.1, -0.05) is 24.3 Å². The van der Waals surface area contributed by atoms with Gasteiger partial charge in [-0.15, -0.1) is 5.10 Å². The van der Waals surface area contributed by atoms with E-state index in [0.29, 0.717) is 37.4 Å². The fraction of sp³-hybridized carbons (Fsp3) is 0.429. The largest absolute Gasteiger partial charge is 0.476 e. The molecule has 212 valence electrons. The highest BCUT2D eigenvalue weighted by molar-refractivity contribution is 5.88. The van der Waals surface area contributed by atoms with Crippen molar-refractivity contribution in [1.82, 2.24) is 14.7 Å². The average Bonchev–Trinajstić information content (AvgIpc) is 3.53. The number of carbonyl (C=O) groups is 1. The molecule has 1 aliphatic heterocycles. The van der Waals surface area contributed by atoms with Gasteiger partial charge >= 0.3 is 6.03 Å². The van der Waals surface area contributed by atoms with Crippen LogP contribution < -0.4 is 15.8 Å². The second-order valence-corrected chi connectivity index (χ2v) is 9.16. The minimum atomic E-state index is -0.775. The normalized spacial score (nSPS) is 15.1. The van der Waals surface area contributed by atoms with Crippen molar-refractivity contribution in [2.45, 2.75) is 25.7 Å². The molecule has 0 radical (unpaired) electrons. The third kappa shape index (κ3) is 8.74. The van der Waals surface area contributed by atoms with Crippen LogP contribution in [-0.2, 0) is 9.47 Å². The number of para-hydroxylation sites is 1. The van der Waals surface area contributed by atoms with Crippen molar-refractivity contribution in [2.75, 3.05) is 59.0 Å². The number of anilines is 1. The number of carbonyl (C=O) groups excluding carboxylic acids is 1. The summed E-state index contributed by atoms with van der Waals surface area (Å²) in [6, 6.07) is 13.0. The van der Waals surface area contributed by atoms with Gasteiger partial charge in [-0.2, -0.15) is 0 Å². The van der Waals surface area contributed by atoms with Crippen LogP contribution in [0.3, 0.4) is 0 Å². The van der Waals surface area contributed by atoms with E-state index in [2.05, 4.69) is 15.3 Å². The van der Waals surface area contributed by atoms with E-state index in [9.17, 15) is 13.6 Å². The maximum Gasteiger partial charge on any atom is 0.317 e. The SMILES string of the molecule is COCCCOc1nn(-c2ccccc2)c(NC(N)=O)c1C.COCCN1CCC(c2ccc(F)c(F)c2)C1.